The molecule has 0 unspecified atom stereocenters. The van der Waals surface area contributed by atoms with Crippen molar-refractivity contribution >= 4 is 11.6 Å². The van der Waals surface area contributed by atoms with E-state index in [9.17, 15) is 5.11 Å². The third-order valence-corrected chi connectivity index (χ3v) is 2.84. The van der Waals surface area contributed by atoms with Crippen LogP contribution in [-0.2, 0) is 17.1 Å². The van der Waals surface area contributed by atoms with Crippen LogP contribution >= 0.6 is 0 Å². The Kier molecular flexibility index (Phi) is 7.81. The van der Waals surface area contributed by atoms with Crippen molar-refractivity contribution < 1.29 is 22.2 Å². The van der Waals surface area contributed by atoms with Gasteiger partial charge in [0.05, 0.1) is 0 Å². The topological polar surface area (TPSA) is 23.1 Å². The van der Waals surface area contributed by atoms with Crippen LogP contribution in [-0.4, -0.2) is 0 Å². The molecule has 1 nitrogen and oxygen atoms in total. The third kappa shape index (κ3) is 5.39. The fourth-order valence-electron chi connectivity index (χ4n) is 1.92. The predicted octanol–water partition coefficient (Wildman–Crippen LogP) is 2.02. The molecular formula is C19H16FeO. The number of benzene rings is 1. The fraction of sp³-hybridized carbons (Fsp3) is 0. The minimum absolute atomic E-state index is 0. The molecule has 0 saturated carbocycles. The molecule has 0 N–H and O–H groups in total. The summed E-state index contributed by atoms with van der Waals surface area (Å²) in [6.45, 7) is 0. The maximum atomic E-state index is 10.3. The summed E-state index contributed by atoms with van der Waals surface area (Å²) in [6, 6.07) is 18.0. The molecule has 0 saturated heterocycles. The monoisotopic (exact) mass is 316 g/mol. The molecule has 21 heavy (non-hydrogen) atoms. The van der Waals surface area contributed by atoms with Crippen LogP contribution in [0.4, 0.5) is 0 Å². The molecular weight excluding hydrogens is 300 g/mol. The minimum atomic E-state index is 0. The van der Waals surface area contributed by atoms with E-state index in [1.54, 1.807) is 0 Å². The van der Waals surface area contributed by atoms with Crippen molar-refractivity contribution in [3.63, 3.8) is 0 Å². The first-order chi connectivity index (χ1) is 9.92. The van der Waals surface area contributed by atoms with Gasteiger partial charge in [0, 0.05) is 0 Å². The quantitative estimate of drug-likeness (QED) is 0.448. The largest absolute Gasteiger partial charge is 2.00 e. The van der Waals surface area contributed by atoms with Crippen LogP contribution in [0.1, 0.15) is 0 Å². The van der Waals surface area contributed by atoms with E-state index in [0.29, 0.717) is 0 Å². The Morgan fingerprint density at radius 2 is 1.57 bits per heavy atom. The van der Waals surface area contributed by atoms with E-state index in [1.165, 1.54) is 11.6 Å². The van der Waals surface area contributed by atoms with Gasteiger partial charge in [-0.1, -0.05) is 60.7 Å². The van der Waals surface area contributed by atoms with Gasteiger partial charge in [0.1, 0.15) is 0 Å². The second-order valence-electron chi connectivity index (χ2n) is 4.22. The summed E-state index contributed by atoms with van der Waals surface area (Å²) in [5, 5.41) is 12.5. The van der Waals surface area contributed by atoms with Crippen LogP contribution in [0.25, 0.3) is 11.6 Å². The summed E-state index contributed by atoms with van der Waals surface area (Å²) >= 11 is 0. The maximum Gasteiger partial charge on any atom is 2.00 e. The molecule has 3 rings (SSSR count). The molecule has 1 aliphatic carbocycles. The Labute approximate surface area is 135 Å². The van der Waals surface area contributed by atoms with E-state index >= 15 is 0 Å². The van der Waals surface area contributed by atoms with E-state index < -0.39 is 0 Å². The molecule has 0 atom stereocenters. The molecule has 0 heterocycles. The van der Waals surface area contributed by atoms with Gasteiger partial charge in [-0.2, -0.15) is 18.2 Å². The molecule has 0 amide bonds. The Hall–Kier alpha value is -2.15. The van der Waals surface area contributed by atoms with E-state index in [-0.39, 0.29) is 17.1 Å². The van der Waals surface area contributed by atoms with Gasteiger partial charge in [0.25, 0.3) is 0 Å². The van der Waals surface area contributed by atoms with E-state index in [2.05, 4.69) is 18.2 Å². The van der Waals surface area contributed by atoms with Crippen molar-refractivity contribution in [3.8, 4) is 0 Å². The summed E-state index contributed by atoms with van der Waals surface area (Å²) in [4.78, 5) is 0. The first-order valence-electron chi connectivity index (χ1n) is 6.51. The van der Waals surface area contributed by atoms with Crippen LogP contribution in [0.15, 0.2) is 91.2 Å². The Bertz CT molecular complexity index is 688. The molecule has 2 aromatic carbocycles. The zero-order valence-electron chi connectivity index (χ0n) is 11.5. The van der Waals surface area contributed by atoms with Gasteiger partial charge >= 0.3 is 17.1 Å². The average molecular weight is 316 g/mol. The zero-order valence-corrected chi connectivity index (χ0v) is 12.6. The summed E-state index contributed by atoms with van der Waals surface area (Å²) < 4.78 is 0. The summed E-state index contributed by atoms with van der Waals surface area (Å²) in [5.41, 5.74) is 1.18. The van der Waals surface area contributed by atoms with Crippen LogP contribution in [0, 0.1) is 0 Å². The third-order valence-electron chi connectivity index (χ3n) is 2.84. The average Bonchev–Trinajstić information content (AvgIpc) is 3.20. The first-order valence-corrected chi connectivity index (χ1v) is 6.51. The number of allylic oxidation sites excluding steroid dienone is 5. The van der Waals surface area contributed by atoms with Crippen molar-refractivity contribution in [2.75, 3.05) is 0 Å². The summed E-state index contributed by atoms with van der Waals surface area (Å²) in [6.07, 6.45) is 12.3. The van der Waals surface area contributed by atoms with Crippen molar-refractivity contribution in [2.45, 2.75) is 0 Å². The first kappa shape index (κ1) is 16.9. The van der Waals surface area contributed by atoms with Gasteiger partial charge in [-0.25, -0.2) is 12.1 Å². The van der Waals surface area contributed by atoms with Crippen molar-refractivity contribution in [3.05, 3.63) is 102 Å². The molecule has 1 aliphatic rings. The Morgan fingerprint density at radius 1 is 0.905 bits per heavy atom. The van der Waals surface area contributed by atoms with Crippen LogP contribution < -0.4 is 15.5 Å². The second-order valence-corrected chi connectivity index (χ2v) is 4.22. The van der Waals surface area contributed by atoms with Crippen LogP contribution in [0.3, 0.4) is 0 Å². The van der Waals surface area contributed by atoms with E-state index in [1.807, 2.05) is 66.8 Å². The van der Waals surface area contributed by atoms with E-state index in [0.717, 1.165) is 16.7 Å². The molecule has 106 valence electrons. The van der Waals surface area contributed by atoms with Gasteiger partial charge < -0.3 is 5.11 Å². The molecule has 2 aromatic rings. The number of hydrogen-bond donors (Lipinski definition) is 0. The van der Waals surface area contributed by atoms with Gasteiger partial charge in [-0.05, 0) is 16.0 Å². The number of hydrogen-bond acceptors (Lipinski definition) is 1. The van der Waals surface area contributed by atoms with E-state index in [4.69, 9.17) is 0 Å². The summed E-state index contributed by atoms with van der Waals surface area (Å²) in [5.74, 6) is 0. The normalized spacial score (nSPS) is 13.1. The minimum Gasteiger partial charge on any atom is -0.878 e. The molecule has 0 spiro atoms. The van der Waals surface area contributed by atoms with Gasteiger partial charge in [-0.3, -0.25) is 0 Å². The van der Waals surface area contributed by atoms with Crippen molar-refractivity contribution in [1.82, 2.24) is 0 Å². The summed E-state index contributed by atoms with van der Waals surface area (Å²) in [7, 11) is 0. The van der Waals surface area contributed by atoms with Crippen LogP contribution in [0.2, 0.25) is 0 Å². The maximum absolute atomic E-state index is 10.3. The molecule has 0 aromatic heterocycles. The van der Waals surface area contributed by atoms with Crippen molar-refractivity contribution in [1.29, 1.82) is 0 Å². The standard InChI is InChI=1S/C14H12O.C5H5.Fe/c15-11-5-9-13-8-3-4-10-14(13)12-6-1-2-7-12;1-2-4-5-3-1;/h1-11,15H;1-5H;/q;-1;+2/p-1. The van der Waals surface area contributed by atoms with Gasteiger partial charge in [0.15, 0.2) is 0 Å². The number of rotatable bonds is 1. The fourth-order valence-corrected chi connectivity index (χ4v) is 1.92. The molecule has 0 aliphatic heterocycles. The molecule has 0 radical (unpaired) electrons. The molecule has 0 fully saturated rings. The molecule has 0 bridgehead atoms. The molecule has 2 heteroatoms. The Morgan fingerprint density at radius 3 is 2.14 bits per heavy atom. The zero-order chi connectivity index (χ0) is 14.0. The smallest absolute Gasteiger partial charge is 0.878 e. The van der Waals surface area contributed by atoms with Gasteiger partial charge in [0.2, 0.25) is 0 Å². The van der Waals surface area contributed by atoms with Crippen LogP contribution in [0.5, 0.6) is 0 Å². The van der Waals surface area contributed by atoms with Gasteiger partial charge in [-0.15, -0.1) is 6.26 Å². The Balaban J connectivity index is 0.000000313. The predicted molar refractivity (Wildman–Crippen MR) is 83.0 cm³/mol. The SMILES string of the molecule is [Fe+2].[O-]C=CC=c1ccccc1=C1C=CC=C1.c1cc[cH-]c1. The van der Waals surface area contributed by atoms with Crippen molar-refractivity contribution in [2.24, 2.45) is 0 Å². The second kappa shape index (κ2) is 9.71.